The Balaban J connectivity index is 2.60. The van der Waals surface area contributed by atoms with Crippen molar-refractivity contribution in [2.24, 2.45) is 0 Å². The molecule has 7 heavy (non-hydrogen) atoms. The van der Waals surface area contributed by atoms with Crippen LogP contribution in [0.5, 0.6) is 0 Å². The van der Waals surface area contributed by atoms with Crippen LogP contribution >= 0.6 is 21.0 Å². The second-order valence-electron chi connectivity index (χ2n) is 1.09. The first-order valence-electron chi connectivity index (χ1n) is 2.03. The Bertz CT molecular complexity index is 110. The van der Waals surface area contributed by atoms with Gasteiger partial charge in [-0.1, -0.05) is 12.2 Å². The second-order valence-corrected chi connectivity index (χ2v) is 3.05. The highest BCUT2D eigenvalue weighted by atomic mass is 127. The first-order valence-corrected chi connectivity index (χ1v) is 4.35. The number of hydrogen-bond donors (Lipinski definition) is 1. The summed E-state index contributed by atoms with van der Waals surface area (Å²) in [5.41, 5.74) is 0. The van der Waals surface area contributed by atoms with E-state index in [4.69, 9.17) is 0 Å². The Hall–Kier alpha value is -0.120. The van der Waals surface area contributed by atoms with Crippen molar-refractivity contribution in [3.05, 3.63) is 24.4 Å². The summed E-state index contributed by atoms with van der Waals surface area (Å²) in [6, 6.07) is 0. The lowest BCUT2D eigenvalue weighted by Crippen LogP contribution is -1.78. The monoisotopic (exact) mass is 207 g/mol. The molecule has 0 radical (unpaired) electrons. The molecular weight excluding hydrogens is 201 g/mol. The van der Waals surface area contributed by atoms with Gasteiger partial charge in [-0.05, 0) is 31.1 Å². The van der Waals surface area contributed by atoms with Crippen LogP contribution in [-0.2, 0) is 0 Å². The maximum Gasteiger partial charge on any atom is 0.00541 e. The molecular formula is C5H6IN. The normalized spacial score (nSPS) is 17.1. The molecule has 0 saturated heterocycles. The van der Waals surface area contributed by atoms with Gasteiger partial charge in [0.05, 0.1) is 0 Å². The fourth-order valence-electron chi connectivity index (χ4n) is 0.307. The molecule has 0 aliphatic carbocycles. The summed E-state index contributed by atoms with van der Waals surface area (Å²) >= 11 is 0.139. The van der Waals surface area contributed by atoms with Gasteiger partial charge >= 0.3 is 0 Å². The molecule has 0 aromatic carbocycles. The van der Waals surface area contributed by atoms with E-state index in [0.29, 0.717) is 0 Å². The predicted molar refractivity (Wildman–Crippen MR) is 41.5 cm³/mol. The minimum atomic E-state index is 0.139. The third-order valence-electron chi connectivity index (χ3n) is 0.580. The van der Waals surface area contributed by atoms with E-state index in [9.17, 15) is 0 Å². The van der Waals surface area contributed by atoms with E-state index in [0.717, 1.165) is 0 Å². The van der Waals surface area contributed by atoms with E-state index in [1.165, 1.54) is 0 Å². The molecule has 0 unspecified atom stereocenters. The van der Waals surface area contributed by atoms with Crippen LogP contribution < -0.4 is 3.53 Å². The van der Waals surface area contributed by atoms with Crippen molar-refractivity contribution in [1.29, 1.82) is 0 Å². The molecule has 0 spiro atoms. The summed E-state index contributed by atoms with van der Waals surface area (Å²) in [6.07, 6.45) is 8.08. The Morgan fingerprint density at radius 3 is 3.14 bits per heavy atom. The minimum absolute atomic E-state index is 0.139. The van der Waals surface area contributed by atoms with E-state index < -0.39 is 0 Å². The van der Waals surface area contributed by atoms with Crippen LogP contribution in [0.1, 0.15) is 0 Å². The summed E-state index contributed by atoms with van der Waals surface area (Å²) < 4.78 is 5.34. The zero-order chi connectivity index (χ0) is 4.95. The number of rotatable bonds is 0. The number of nitrogens with one attached hydrogen (secondary N) is 1. The average Bonchev–Trinajstić information content (AvgIpc) is 1.90. The Morgan fingerprint density at radius 2 is 2.14 bits per heavy atom. The molecule has 0 atom stereocenters. The van der Waals surface area contributed by atoms with Gasteiger partial charge < -0.3 is 3.53 Å². The first-order chi connectivity index (χ1) is 3.50. The van der Waals surface area contributed by atoms with Crippen LogP contribution in [0.15, 0.2) is 24.4 Å². The van der Waals surface area contributed by atoms with E-state index in [2.05, 4.69) is 13.6 Å². The molecule has 0 saturated carbocycles. The smallest absolute Gasteiger partial charge is 0.00541 e. The molecule has 1 heterocycles. The number of halogens is 1. The van der Waals surface area contributed by atoms with Crippen LogP contribution in [-0.4, -0.2) is 4.01 Å². The fourth-order valence-corrected chi connectivity index (χ4v) is 1.38. The van der Waals surface area contributed by atoms with Crippen molar-refractivity contribution >= 4 is 25.0 Å². The molecule has 2 heteroatoms. The van der Waals surface area contributed by atoms with Gasteiger partial charge in [0.1, 0.15) is 0 Å². The molecule has 1 nitrogen and oxygen atoms in total. The first kappa shape index (κ1) is 5.03. The van der Waals surface area contributed by atoms with Gasteiger partial charge in [0.15, 0.2) is 0 Å². The molecule has 1 aliphatic heterocycles. The molecule has 0 amide bonds. The zero-order valence-corrected chi connectivity index (χ0v) is 5.92. The van der Waals surface area contributed by atoms with Crippen molar-refractivity contribution in [1.82, 2.24) is 3.53 Å². The Morgan fingerprint density at radius 1 is 1.14 bits per heavy atom. The minimum Gasteiger partial charge on any atom is -0.340 e. The Labute approximate surface area is 53.2 Å². The van der Waals surface area contributed by atoms with Gasteiger partial charge in [-0.25, -0.2) is 0 Å². The largest absolute Gasteiger partial charge is 0.340 e. The topological polar surface area (TPSA) is 12.0 Å². The van der Waals surface area contributed by atoms with Crippen LogP contribution in [0.4, 0.5) is 0 Å². The second kappa shape index (κ2) is 2.96. The quantitative estimate of drug-likeness (QED) is 0.467. The molecule has 1 rings (SSSR count). The van der Waals surface area contributed by atoms with Crippen molar-refractivity contribution < 1.29 is 0 Å². The lowest BCUT2D eigenvalue weighted by Gasteiger charge is -1.77. The van der Waals surface area contributed by atoms with Crippen LogP contribution in [0.3, 0.4) is 0 Å². The van der Waals surface area contributed by atoms with Gasteiger partial charge in [0.25, 0.3) is 0 Å². The third-order valence-corrected chi connectivity index (χ3v) is 2.07. The van der Waals surface area contributed by atoms with Gasteiger partial charge in [-0.3, -0.25) is 0 Å². The maximum atomic E-state index is 3.16. The SMILES string of the molecule is C1=CC=INC=C1. The van der Waals surface area contributed by atoms with Crippen molar-refractivity contribution in [2.75, 3.05) is 0 Å². The lowest BCUT2D eigenvalue weighted by atomic mass is 10.5. The van der Waals surface area contributed by atoms with Crippen LogP contribution in [0.2, 0.25) is 0 Å². The standard InChI is InChI=1S/C5H6IN/c1-2-4-6-7-5-3-1/h1-5,7H. The Kier molecular flexibility index (Phi) is 2.12. The van der Waals surface area contributed by atoms with Crippen LogP contribution in [0, 0.1) is 0 Å². The zero-order valence-electron chi connectivity index (χ0n) is 3.76. The summed E-state index contributed by atoms with van der Waals surface area (Å²) in [5.74, 6) is 0. The van der Waals surface area contributed by atoms with E-state index in [1.54, 1.807) is 0 Å². The molecule has 0 fully saturated rings. The molecule has 1 N–H and O–H groups in total. The van der Waals surface area contributed by atoms with E-state index in [1.807, 2.05) is 18.4 Å². The fraction of sp³-hybridized carbons (Fsp3) is 0. The van der Waals surface area contributed by atoms with Gasteiger partial charge in [-0.2, -0.15) is 0 Å². The third kappa shape index (κ3) is 1.87. The molecule has 38 valence electrons. The molecule has 0 bridgehead atoms. The summed E-state index contributed by atoms with van der Waals surface area (Å²) in [7, 11) is 0. The highest BCUT2D eigenvalue weighted by Crippen LogP contribution is 1.90. The van der Waals surface area contributed by atoms with Crippen molar-refractivity contribution in [2.45, 2.75) is 0 Å². The average molecular weight is 207 g/mol. The summed E-state index contributed by atoms with van der Waals surface area (Å²) in [6.45, 7) is 0. The number of hydrogen-bond acceptors (Lipinski definition) is 1. The maximum absolute atomic E-state index is 3.16. The van der Waals surface area contributed by atoms with Gasteiger partial charge in [0.2, 0.25) is 0 Å². The van der Waals surface area contributed by atoms with Gasteiger partial charge in [0, 0.05) is 6.20 Å². The van der Waals surface area contributed by atoms with Crippen molar-refractivity contribution in [3.63, 3.8) is 0 Å². The molecule has 1 aliphatic rings. The van der Waals surface area contributed by atoms with Gasteiger partial charge in [-0.15, -0.1) is 0 Å². The summed E-state index contributed by atoms with van der Waals surface area (Å²) in [4.78, 5) is 0. The van der Waals surface area contributed by atoms with Crippen molar-refractivity contribution in [3.8, 4) is 0 Å². The summed E-state index contributed by atoms with van der Waals surface area (Å²) in [5, 5.41) is 0. The predicted octanol–water partition coefficient (Wildman–Crippen LogP) is 1.35. The highest BCUT2D eigenvalue weighted by Gasteiger charge is 1.68. The number of allylic oxidation sites excluding steroid dienone is 3. The molecule has 0 aromatic rings. The van der Waals surface area contributed by atoms with E-state index in [-0.39, 0.29) is 21.0 Å². The molecule has 0 aromatic heterocycles. The highest BCUT2D eigenvalue weighted by molar-refractivity contribution is 14.2. The van der Waals surface area contributed by atoms with E-state index >= 15 is 0 Å². The lowest BCUT2D eigenvalue weighted by molar-refractivity contribution is 1.50. The van der Waals surface area contributed by atoms with Crippen LogP contribution in [0.25, 0.3) is 0 Å².